The quantitative estimate of drug-likeness (QED) is 0.755. The zero-order valence-electron chi connectivity index (χ0n) is 13.4. The zero-order chi connectivity index (χ0) is 18.1. The maximum atomic E-state index is 13.6. The number of benzene rings is 1. The summed E-state index contributed by atoms with van der Waals surface area (Å²) in [6.45, 7) is 0.395. The lowest BCUT2D eigenvalue weighted by Gasteiger charge is -2.30. The number of carbonyl (C=O) groups excluding carboxylic acids is 1. The van der Waals surface area contributed by atoms with Gasteiger partial charge in [0.15, 0.2) is 5.82 Å². The number of ether oxygens (including phenoxy) is 1. The lowest BCUT2D eigenvalue weighted by molar-refractivity contribution is 0.0837. The van der Waals surface area contributed by atoms with Gasteiger partial charge in [-0.25, -0.2) is 9.18 Å². The van der Waals surface area contributed by atoms with Crippen LogP contribution in [0.1, 0.15) is 18.1 Å². The molecule has 0 radical (unpaired) electrons. The van der Waals surface area contributed by atoms with Gasteiger partial charge >= 0.3 is 6.09 Å². The maximum absolute atomic E-state index is 13.6. The summed E-state index contributed by atoms with van der Waals surface area (Å²) >= 11 is 5.69. The Morgan fingerprint density at radius 3 is 2.88 bits per heavy atom. The number of nitrogens with zero attached hydrogens (tertiary/aromatic N) is 4. The first-order valence-corrected chi connectivity index (χ1v) is 8.25. The van der Waals surface area contributed by atoms with Gasteiger partial charge in [0.05, 0.1) is 23.1 Å². The minimum absolute atomic E-state index is 0.0344. The SMILES string of the molecule is O=C1OC(c2ccc(Cl)c(F)c2)CCN1c1cc(-c2ccnnc2)[nH]n1. The maximum Gasteiger partial charge on any atom is 0.416 e. The number of aromatic nitrogens is 4. The molecule has 0 bridgehead atoms. The van der Waals surface area contributed by atoms with E-state index in [1.165, 1.54) is 17.0 Å². The van der Waals surface area contributed by atoms with Gasteiger partial charge in [0.2, 0.25) is 0 Å². The molecule has 4 rings (SSSR count). The first-order valence-electron chi connectivity index (χ1n) is 7.87. The normalized spacial score (nSPS) is 17.2. The number of H-pyrrole nitrogens is 1. The lowest BCUT2D eigenvalue weighted by atomic mass is 10.1. The third-order valence-corrected chi connectivity index (χ3v) is 4.44. The van der Waals surface area contributed by atoms with E-state index in [1.807, 2.05) is 0 Å². The number of halogens is 2. The van der Waals surface area contributed by atoms with Gasteiger partial charge in [0.1, 0.15) is 11.9 Å². The van der Waals surface area contributed by atoms with Crippen molar-refractivity contribution in [3.63, 3.8) is 0 Å². The third-order valence-electron chi connectivity index (χ3n) is 4.13. The predicted octanol–water partition coefficient (Wildman–Crippen LogP) is 3.75. The first-order chi connectivity index (χ1) is 12.6. The van der Waals surface area contributed by atoms with Crippen molar-refractivity contribution in [2.75, 3.05) is 11.4 Å². The first kappa shape index (κ1) is 16.5. The van der Waals surface area contributed by atoms with E-state index in [0.717, 1.165) is 5.56 Å². The summed E-state index contributed by atoms with van der Waals surface area (Å²) < 4.78 is 19.1. The van der Waals surface area contributed by atoms with Crippen molar-refractivity contribution < 1.29 is 13.9 Å². The standard InChI is InChI=1S/C17H13ClFN5O2/c18-12-2-1-10(7-13(12)19)15-4-6-24(17(25)26-15)16-8-14(22-23-16)11-3-5-20-21-9-11/h1-3,5,7-9,15H,4,6H2,(H,22,23). The second kappa shape index (κ2) is 6.72. The molecular formula is C17H13ClFN5O2. The van der Waals surface area contributed by atoms with Crippen LogP contribution >= 0.6 is 11.6 Å². The van der Waals surface area contributed by atoms with Gasteiger partial charge in [0, 0.05) is 24.6 Å². The molecule has 1 fully saturated rings. The molecule has 0 saturated carbocycles. The molecule has 1 unspecified atom stereocenters. The summed E-state index contributed by atoms with van der Waals surface area (Å²) in [5, 5.41) is 14.6. The van der Waals surface area contributed by atoms with Crippen LogP contribution in [-0.4, -0.2) is 33.0 Å². The van der Waals surface area contributed by atoms with E-state index < -0.39 is 18.0 Å². The van der Waals surface area contributed by atoms with Crippen LogP contribution < -0.4 is 4.90 Å². The average molecular weight is 374 g/mol. The van der Waals surface area contributed by atoms with Crippen molar-refractivity contribution in [3.8, 4) is 11.3 Å². The van der Waals surface area contributed by atoms with Crippen molar-refractivity contribution in [1.29, 1.82) is 0 Å². The van der Waals surface area contributed by atoms with Crippen LogP contribution in [0, 0.1) is 5.82 Å². The highest BCUT2D eigenvalue weighted by molar-refractivity contribution is 6.30. The van der Waals surface area contributed by atoms with Crippen LogP contribution in [0.25, 0.3) is 11.3 Å². The molecule has 1 N–H and O–H groups in total. The average Bonchev–Trinajstić information content (AvgIpc) is 3.14. The Labute approximate surface area is 152 Å². The lowest BCUT2D eigenvalue weighted by Crippen LogP contribution is -2.39. The van der Waals surface area contributed by atoms with E-state index in [1.54, 1.807) is 30.6 Å². The van der Waals surface area contributed by atoms with Crippen LogP contribution in [-0.2, 0) is 4.74 Å². The minimum atomic E-state index is -0.539. The molecule has 7 nitrogen and oxygen atoms in total. The minimum Gasteiger partial charge on any atom is -0.441 e. The highest BCUT2D eigenvalue weighted by Gasteiger charge is 2.31. The number of cyclic esters (lactones) is 1. The van der Waals surface area contributed by atoms with Gasteiger partial charge < -0.3 is 4.74 Å². The Morgan fingerprint density at radius 1 is 1.27 bits per heavy atom. The smallest absolute Gasteiger partial charge is 0.416 e. The Balaban J connectivity index is 1.50. The number of hydrogen-bond acceptors (Lipinski definition) is 5. The molecule has 26 heavy (non-hydrogen) atoms. The fraction of sp³-hybridized carbons (Fsp3) is 0.176. The molecular weight excluding hydrogens is 361 g/mol. The zero-order valence-corrected chi connectivity index (χ0v) is 14.2. The van der Waals surface area contributed by atoms with Crippen molar-refractivity contribution in [1.82, 2.24) is 20.4 Å². The van der Waals surface area contributed by atoms with E-state index >= 15 is 0 Å². The molecule has 132 valence electrons. The molecule has 2 aromatic heterocycles. The van der Waals surface area contributed by atoms with Gasteiger partial charge in [-0.2, -0.15) is 15.3 Å². The monoisotopic (exact) mass is 373 g/mol. The van der Waals surface area contributed by atoms with Gasteiger partial charge in [0.25, 0.3) is 0 Å². The Morgan fingerprint density at radius 2 is 2.15 bits per heavy atom. The van der Waals surface area contributed by atoms with Crippen LogP contribution in [0.5, 0.6) is 0 Å². The topological polar surface area (TPSA) is 84.0 Å². The summed E-state index contributed by atoms with van der Waals surface area (Å²) in [6.07, 6.45) is 2.61. The van der Waals surface area contributed by atoms with Crippen LogP contribution in [0.3, 0.4) is 0 Å². The van der Waals surface area contributed by atoms with Crippen molar-refractivity contribution in [2.24, 2.45) is 0 Å². The second-order valence-electron chi connectivity index (χ2n) is 5.76. The van der Waals surface area contributed by atoms with Crippen LogP contribution in [0.4, 0.5) is 15.0 Å². The van der Waals surface area contributed by atoms with Crippen molar-refractivity contribution in [2.45, 2.75) is 12.5 Å². The number of amides is 1. The molecule has 1 saturated heterocycles. The van der Waals surface area contributed by atoms with Crippen LogP contribution in [0.15, 0.2) is 42.7 Å². The molecule has 1 aliphatic heterocycles. The Hall–Kier alpha value is -3.00. The predicted molar refractivity (Wildman–Crippen MR) is 92.2 cm³/mol. The number of carbonyl (C=O) groups is 1. The summed E-state index contributed by atoms with van der Waals surface area (Å²) in [4.78, 5) is 13.8. The summed E-state index contributed by atoms with van der Waals surface area (Å²) in [7, 11) is 0. The summed E-state index contributed by atoms with van der Waals surface area (Å²) in [5.41, 5.74) is 2.09. The number of nitrogens with one attached hydrogen (secondary N) is 1. The van der Waals surface area contributed by atoms with E-state index in [4.69, 9.17) is 16.3 Å². The molecule has 9 heteroatoms. The highest BCUT2D eigenvalue weighted by Crippen LogP contribution is 2.31. The number of anilines is 1. The third kappa shape index (κ3) is 3.11. The molecule has 1 aromatic carbocycles. The van der Waals surface area contributed by atoms with E-state index in [-0.39, 0.29) is 5.02 Å². The largest absolute Gasteiger partial charge is 0.441 e. The van der Waals surface area contributed by atoms with E-state index in [9.17, 15) is 9.18 Å². The number of hydrogen-bond donors (Lipinski definition) is 1. The molecule has 1 aliphatic rings. The van der Waals surface area contributed by atoms with Gasteiger partial charge in [-0.15, -0.1) is 0 Å². The van der Waals surface area contributed by atoms with Crippen molar-refractivity contribution >= 4 is 23.5 Å². The van der Waals surface area contributed by atoms with E-state index in [0.29, 0.717) is 30.0 Å². The van der Waals surface area contributed by atoms with Crippen LogP contribution in [0.2, 0.25) is 5.02 Å². The Bertz CT molecular complexity index is 949. The molecule has 0 spiro atoms. The number of rotatable bonds is 3. The number of aromatic amines is 1. The Kier molecular flexibility index (Phi) is 4.26. The second-order valence-corrected chi connectivity index (χ2v) is 6.16. The molecule has 1 amide bonds. The van der Waals surface area contributed by atoms with E-state index in [2.05, 4.69) is 20.4 Å². The fourth-order valence-electron chi connectivity index (χ4n) is 2.78. The summed E-state index contributed by atoms with van der Waals surface area (Å²) in [6, 6.07) is 7.92. The molecule has 1 atom stereocenters. The van der Waals surface area contributed by atoms with Gasteiger partial charge in [-0.1, -0.05) is 17.7 Å². The molecule has 0 aliphatic carbocycles. The molecule has 3 heterocycles. The van der Waals surface area contributed by atoms with Crippen molar-refractivity contribution in [3.05, 3.63) is 59.1 Å². The molecule has 3 aromatic rings. The fourth-order valence-corrected chi connectivity index (χ4v) is 2.90. The summed E-state index contributed by atoms with van der Waals surface area (Å²) in [5.74, 6) is -0.0897. The highest BCUT2D eigenvalue weighted by atomic mass is 35.5. The van der Waals surface area contributed by atoms with Gasteiger partial charge in [-0.05, 0) is 23.8 Å². The van der Waals surface area contributed by atoms with Gasteiger partial charge in [-0.3, -0.25) is 10.00 Å².